The summed E-state index contributed by atoms with van der Waals surface area (Å²) in [5.41, 5.74) is 0. The quantitative estimate of drug-likeness (QED) is 0.714. The van der Waals surface area contributed by atoms with Crippen LogP contribution >= 0.6 is 11.8 Å². The second kappa shape index (κ2) is 5.43. The topological polar surface area (TPSA) is 32.3 Å². The molecule has 84 valence electrons. The van der Waals surface area contributed by atoms with Gasteiger partial charge in [0.2, 0.25) is 5.91 Å². The first-order valence-electron chi connectivity index (χ1n) is 5.15. The van der Waals surface area contributed by atoms with Crippen molar-refractivity contribution in [1.29, 1.82) is 0 Å². The Hall–Kier alpha value is -0.660. The molecule has 0 atom stereocenters. The summed E-state index contributed by atoms with van der Waals surface area (Å²) in [5.74, 6) is 3.35. The molecule has 1 saturated heterocycles. The maximum absolute atomic E-state index is 12.1. The lowest BCUT2D eigenvalue weighted by atomic mass is 10.1. The summed E-state index contributed by atoms with van der Waals surface area (Å²) in [6, 6.07) is 0. The lowest BCUT2D eigenvalue weighted by Crippen LogP contribution is -2.51. The summed E-state index contributed by atoms with van der Waals surface area (Å²) in [6.07, 6.45) is 5.21. The maximum Gasteiger partial charge on any atom is 0.238 e. The van der Waals surface area contributed by atoms with Crippen LogP contribution in [-0.4, -0.2) is 47.5 Å². The third kappa shape index (κ3) is 3.44. The van der Waals surface area contributed by atoms with E-state index in [0.29, 0.717) is 5.75 Å². The minimum Gasteiger partial charge on any atom is -0.339 e. The highest BCUT2D eigenvalue weighted by Gasteiger charge is 2.32. The van der Waals surface area contributed by atoms with E-state index in [0.717, 1.165) is 26.2 Å². The molecule has 1 heterocycles. The molecule has 1 amide bonds. The predicted molar refractivity (Wildman–Crippen MR) is 64.8 cm³/mol. The molecule has 0 unspecified atom stereocenters. The van der Waals surface area contributed by atoms with Crippen LogP contribution in [0.4, 0.5) is 0 Å². The van der Waals surface area contributed by atoms with Crippen molar-refractivity contribution in [2.24, 2.45) is 0 Å². The molecule has 4 heteroatoms. The van der Waals surface area contributed by atoms with Crippen molar-refractivity contribution in [2.75, 3.05) is 31.9 Å². The van der Waals surface area contributed by atoms with Crippen LogP contribution in [0.3, 0.4) is 0 Å². The Morgan fingerprint density at radius 2 is 2.13 bits per heavy atom. The zero-order valence-corrected chi connectivity index (χ0v) is 10.2. The van der Waals surface area contributed by atoms with Crippen LogP contribution in [0.5, 0.6) is 0 Å². The van der Waals surface area contributed by atoms with Crippen molar-refractivity contribution in [3.05, 3.63) is 0 Å². The van der Waals surface area contributed by atoms with E-state index < -0.39 is 4.75 Å². The molecule has 15 heavy (non-hydrogen) atoms. The summed E-state index contributed by atoms with van der Waals surface area (Å²) in [6.45, 7) is 7.28. The Labute approximate surface area is 96.0 Å². The van der Waals surface area contributed by atoms with Crippen LogP contribution in [0.25, 0.3) is 0 Å². The molecule has 0 aliphatic carbocycles. The number of hydrogen-bond donors (Lipinski definition) is 1. The molecule has 3 nitrogen and oxygen atoms in total. The van der Waals surface area contributed by atoms with Crippen molar-refractivity contribution < 1.29 is 4.79 Å². The van der Waals surface area contributed by atoms with Gasteiger partial charge in [-0.3, -0.25) is 4.79 Å². The van der Waals surface area contributed by atoms with E-state index in [1.807, 2.05) is 18.7 Å². The fraction of sp³-hybridized carbons (Fsp3) is 0.727. The molecule has 1 rings (SSSR count). The fourth-order valence-corrected chi connectivity index (χ4v) is 2.23. The third-order valence-corrected chi connectivity index (χ3v) is 3.64. The zero-order valence-electron chi connectivity index (χ0n) is 9.38. The van der Waals surface area contributed by atoms with Gasteiger partial charge in [-0.05, 0) is 13.8 Å². The minimum absolute atomic E-state index is 0.198. The Morgan fingerprint density at radius 3 is 2.67 bits per heavy atom. The standard InChI is InChI=1S/C11H18N2OS/c1-4-9-15-11(2,3)10(14)13-7-5-12-6-8-13/h1,12H,5-9H2,2-3H3. The van der Waals surface area contributed by atoms with Gasteiger partial charge in [-0.2, -0.15) is 0 Å². The number of amides is 1. The maximum atomic E-state index is 12.1. The zero-order chi connectivity index (χ0) is 11.3. The van der Waals surface area contributed by atoms with Gasteiger partial charge < -0.3 is 10.2 Å². The normalized spacial score (nSPS) is 17.3. The second-order valence-electron chi connectivity index (χ2n) is 4.05. The number of carbonyl (C=O) groups excluding carboxylic acids is 1. The first-order valence-corrected chi connectivity index (χ1v) is 6.14. The van der Waals surface area contributed by atoms with Crippen LogP contribution in [0.1, 0.15) is 13.8 Å². The molecular weight excluding hydrogens is 208 g/mol. The van der Waals surface area contributed by atoms with Crippen molar-refractivity contribution >= 4 is 17.7 Å². The number of thioether (sulfide) groups is 1. The van der Waals surface area contributed by atoms with E-state index in [1.54, 1.807) is 0 Å². The molecule has 0 spiro atoms. The van der Waals surface area contributed by atoms with Gasteiger partial charge >= 0.3 is 0 Å². The number of nitrogens with zero attached hydrogens (tertiary/aromatic N) is 1. The number of carbonyl (C=O) groups is 1. The molecular formula is C11H18N2OS. The second-order valence-corrected chi connectivity index (χ2v) is 5.64. The molecule has 0 saturated carbocycles. The van der Waals surface area contributed by atoms with Gasteiger partial charge in [0.05, 0.1) is 10.5 Å². The minimum atomic E-state index is -0.399. The number of piperazine rings is 1. The van der Waals surface area contributed by atoms with E-state index in [2.05, 4.69) is 11.2 Å². The van der Waals surface area contributed by atoms with Gasteiger partial charge in [-0.1, -0.05) is 5.92 Å². The van der Waals surface area contributed by atoms with Crippen molar-refractivity contribution in [1.82, 2.24) is 10.2 Å². The van der Waals surface area contributed by atoms with Crippen molar-refractivity contribution in [3.8, 4) is 12.3 Å². The van der Waals surface area contributed by atoms with E-state index in [4.69, 9.17) is 6.42 Å². The molecule has 0 aromatic heterocycles. The number of hydrogen-bond acceptors (Lipinski definition) is 3. The lowest BCUT2D eigenvalue weighted by molar-refractivity contribution is -0.133. The molecule has 1 N–H and O–H groups in total. The largest absolute Gasteiger partial charge is 0.339 e. The summed E-state index contributed by atoms with van der Waals surface area (Å²) < 4.78 is -0.399. The molecule has 1 aliphatic rings. The molecule has 0 radical (unpaired) electrons. The Balaban J connectivity index is 2.53. The predicted octanol–water partition coefficient (Wildman–Crippen LogP) is 0.563. The summed E-state index contributed by atoms with van der Waals surface area (Å²) in [4.78, 5) is 14.1. The van der Waals surface area contributed by atoms with Crippen LogP contribution in [0.2, 0.25) is 0 Å². The Morgan fingerprint density at radius 1 is 1.53 bits per heavy atom. The van der Waals surface area contributed by atoms with Crippen molar-refractivity contribution in [3.63, 3.8) is 0 Å². The average molecular weight is 226 g/mol. The van der Waals surface area contributed by atoms with Crippen LogP contribution in [0, 0.1) is 12.3 Å². The Bertz CT molecular complexity index is 264. The average Bonchev–Trinajstić information content (AvgIpc) is 2.26. The Kier molecular flexibility index (Phi) is 4.49. The van der Waals surface area contributed by atoms with Gasteiger partial charge in [-0.25, -0.2) is 0 Å². The number of terminal acetylenes is 1. The van der Waals surface area contributed by atoms with E-state index in [9.17, 15) is 4.79 Å². The van der Waals surface area contributed by atoms with Crippen molar-refractivity contribution in [2.45, 2.75) is 18.6 Å². The molecule has 1 fully saturated rings. The van der Waals surface area contributed by atoms with E-state index in [1.165, 1.54) is 11.8 Å². The fourth-order valence-electron chi connectivity index (χ4n) is 1.53. The molecule has 0 aromatic carbocycles. The number of nitrogens with one attached hydrogen (secondary N) is 1. The smallest absolute Gasteiger partial charge is 0.238 e. The highest BCUT2D eigenvalue weighted by molar-refractivity contribution is 8.01. The highest BCUT2D eigenvalue weighted by atomic mass is 32.2. The highest BCUT2D eigenvalue weighted by Crippen LogP contribution is 2.26. The van der Waals surface area contributed by atoms with Gasteiger partial charge in [0.1, 0.15) is 0 Å². The molecule has 1 aliphatic heterocycles. The van der Waals surface area contributed by atoms with Gasteiger partial charge in [0.25, 0.3) is 0 Å². The molecule has 0 bridgehead atoms. The lowest BCUT2D eigenvalue weighted by Gasteiger charge is -2.34. The SMILES string of the molecule is C#CCSC(C)(C)C(=O)N1CCNCC1. The van der Waals surface area contributed by atoms with E-state index in [-0.39, 0.29) is 5.91 Å². The summed E-state index contributed by atoms with van der Waals surface area (Å²) in [5, 5.41) is 3.23. The monoisotopic (exact) mass is 226 g/mol. The third-order valence-electron chi connectivity index (χ3n) is 2.44. The van der Waals surface area contributed by atoms with E-state index >= 15 is 0 Å². The van der Waals surface area contributed by atoms with Crippen LogP contribution < -0.4 is 5.32 Å². The first-order chi connectivity index (χ1) is 7.08. The number of rotatable bonds is 3. The van der Waals surface area contributed by atoms with Crippen LogP contribution in [0.15, 0.2) is 0 Å². The van der Waals surface area contributed by atoms with Gasteiger partial charge in [-0.15, -0.1) is 18.2 Å². The summed E-state index contributed by atoms with van der Waals surface area (Å²) in [7, 11) is 0. The van der Waals surface area contributed by atoms with Gasteiger partial charge in [0, 0.05) is 26.2 Å². The first kappa shape index (κ1) is 12.4. The molecule has 0 aromatic rings. The van der Waals surface area contributed by atoms with Gasteiger partial charge in [0.15, 0.2) is 0 Å². The summed E-state index contributed by atoms with van der Waals surface area (Å²) >= 11 is 1.53. The van der Waals surface area contributed by atoms with Crippen LogP contribution in [-0.2, 0) is 4.79 Å².